The maximum Gasteiger partial charge on any atom is 0.321 e. The van der Waals surface area contributed by atoms with E-state index in [1.807, 2.05) is 40.8 Å². The van der Waals surface area contributed by atoms with E-state index in [2.05, 4.69) is 15.5 Å². The summed E-state index contributed by atoms with van der Waals surface area (Å²) in [6.07, 6.45) is 1.93. The van der Waals surface area contributed by atoms with Gasteiger partial charge in [0.2, 0.25) is 0 Å². The van der Waals surface area contributed by atoms with Gasteiger partial charge in [0.25, 0.3) is 0 Å². The van der Waals surface area contributed by atoms with Gasteiger partial charge in [-0.05, 0) is 37.2 Å². The lowest BCUT2D eigenvalue weighted by Crippen LogP contribution is -2.42. The largest absolute Gasteiger partial charge is 0.495 e. The molecule has 1 fully saturated rings. The summed E-state index contributed by atoms with van der Waals surface area (Å²) in [4.78, 5) is 14.4. The van der Waals surface area contributed by atoms with E-state index >= 15 is 0 Å². The second-order valence-corrected chi connectivity index (χ2v) is 6.25. The Morgan fingerprint density at radius 1 is 1.46 bits per heavy atom. The summed E-state index contributed by atoms with van der Waals surface area (Å²) in [6, 6.07) is 7.26. The highest BCUT2D eigenvalue weighted by Gasteiger charge is 2.28. The first-order chi connectivity index (χ1) is 11.6. The molecule has 2 N–H and O–H groups in total. The van der Waals surface area contributed by atoms with Crippen molar-refractivity contribution in [2.24, 2.45) is 7.05 Å². The molecule has 1 atom stereocenters. The number of H-pyrrole nitrogens is 1. The zero-order valence-electron chi connectivity index (χ0n) is 13.8. The Labute approximate surface area is 145 Å². The number of rotatable bonds is 3. The highest BCUT2D eigenvalue weighted by atomic mass is 32.1. The fraction of sp³-hybridized carbons (Fsp3) is 0.438. The number of ether oxygens (including phenoxy) is 1. The fourth-order valence-electron chi connectivity index (χ4n) is 3.04. The van der Waals surface area contributed by atoms with Crippen molar-refractivity contribution >= 4 is 23.9 Å². The molecule has 0 aliphatic carbocycles. The van der Waals surface area contributed by atoms with Gasteiger partial charge in [-0.2, -0.15) is 5.10 Å². The van der Waals surface area contributed by atoms with Crippen molar-refractivity contribution in [3.8, 4) is 5.75 Å². The summed E-state index contributed by atoms with van der Waals surface area (Å²) in [7, 11) is 3.49. The van der Waals surface area contributed by atoms with Crippen LogP contribution >= 0.6 is 12.2 Å². The number of methoxy groups -OCH3 is 1. The number of hydrogen-bond donors (Lipinski definition) is 2. The minimum atomic E-state index is -0.124. The van der Waals surface area contributed by atoms with Gasteiger partial charge in [-0.1, -0.05) is 12.1 Å². The first kappa shape index (κ1) is 16.5. The van der Waals surface area contributed by atoms with E-state index in [0.717, 1.165) is 25.2 Å². The molecule has 1 aliphatic heterocycles. The number of aromatic nitrogens is 3. The number of benzene rings is 1. The number of urea groups is 1. The Kier molecular flexibility index (Phi) is 4.84. The summed E-state index contributed by atoms with van der Waals surface area (Å²) in [5, 5.41) is 10.1. The van der Waals surface area contributed by atoms with Crippen LogP contribution in [0.25, 0.3) is 0 Å². The number of carbonyl (C=O) groups is 1. The minimum absolute atomic E-state index is 0.124. The maximum absolute atomic E-state index is 12.6. The molecule has 1 aromatic carbocycles. The molecule has 2 heterocycles. The number of likely N-dealkylation sites (tertiary alicyclic amines) is 1. The van der Waals surface area contributed by atoms with Gasteiger partial charge < -0.3 is 19.5 Å². The van der Waals surface area contributed by atoms with Crippen LogP contribution in [0.5, 0.6) is 5.75 Å². The van der Waals surface area contributed by atoms with Crippen molar-refractivity contribution < 1.29 is 9.53 Å². The van der Waals surface area contributed by atoms with Crippen molar-refractivity contribution in [3.05, 3.63) is 34.9 Å². The first-order valence-corrected chi connectivity index (χ1v) is 8.31. The topological polar surface area (TPSA) is 75.2 Å². The molecule has 0 spiro atoms. The minimum Gasteiger partial charge on any atom is -0.495 e. The van der Waals surface area contributed by atoms with E-state index in [4.69, 9.17) is 17.0 Å². The third-order valence-electron chi connectivity index (χ3n) is 4.34. The summed E-state index contributed by atoms with van der Waals surface area (Å²) < 4.78 is 7.75. The summed E-state index contributed by atoms with van der Waals surface area (Å²) in [6.45, 7) is 1.35. The lowest BCUT2D eigenvalue weighted by atomic mass is 9.97. The van der Waals surface area contributed by atoms with Crippen LogP contribution in [-0.4, -0.2) is 45.9 Å². The molecule has 2 aromatic rings. The van der Waals surface area contributed by atoms with Crippen LogP contribution in [-0.2, 0) is 7.05 Å². The second-order valence-electron chi connectivity index (χ2n) is 5.86. The Balaban J connectivity index is 1.71. The predicted octanol–water partition coefficient (Wildman–Crippen LogP) is 2.90. The van der Waals surface area contributed by atoms with E-state index < -0.39 is 0 Å². The number of nitrogens with one attached hydrogen (secondary N) is 2. The molecule has 0 radical (unpaired) electrons. The number of carbonyl (C=O) groups excluding carboxylic acids is 1. The van der Waals surface area contributed by atoms with Crippen LogP contribution in [0.3, 0.4) is 0 Å². The van der Waals surface area contributed by atoms with Crippen LogP contribution in [0.4, 0.5) is 10.5 Å². The molecule has 0 saturated carbocycles. The zero-order valence-corrected chi connectivity index (χ0v) is 14.6. The molecule has 1 aromatic heterocycles. The quantitative estimate of drug-likeness (QED) is 0.837. The number of amides is 2. The van der Waals surface area contributed by atoms with E-state index in [1.54, 1.807) is 7.11 Å². The first-order valence-electron chi connectivity index (χ1n) is 7.90. The highest BCUT2D eigenvalue weighted by Crippen LogP contribution is 2.27. The average molecular weight is 347 g/mol. The molecule has 1 saturated heterocycles. The van der Waals surface area contributed by atoms with Gasteiger partial charge in [0.15, 0.2) is 4.77 Å². The molecule has 2 amide bonds. The van der Waals surface area contributed by atoms with Gasteiger partial charge in [0, 0.05) is 26.1 Å². The van der Waals surface area contributed by atoms with Crippen molar-refractivity contribution in [2.75, 3.05) is 25.5 Å². The third-order valence-corrected chi connectivity index (χ3v) is 4.70. The fourth-order valence-corrected chi connectivity index (χ4v) is 3.18. The van der Waals surface area contributed by atoms with Crippen LogP contribution in [0.15, 0.2) is 24.3 Å². The van der Waals surface area contributed by atoms with Gasteiger partial charge in [-0.3, -0.25) is 5.10 Å². The lowest BCUT2D eigenvalue weighted by Gasteiger charge is -2.32. The Morgan fingerprint density at radius 3 is 2.96 bits per heavy atom. The van der Waals surface area contributed by atoms with Crippen LogP contribution in [0.2, 0.25) is 0 Å². The van der Waals surface area contributed by atoms with E-state index in [9.17, 15) is 4.79 Å². The molecule has 24 heavy (non-hydrogen) atoms. The molecule has 3 rings (SSSR count). The molecule has 1 aliphatic rings. The van der Waals surface area contributed by atoms with Crippen molar-refractivity contribution in [1.82, 2.24) is 19.7 Å². The highest BCUT2D eigenvalue weighted by molar-refractivity contribution is 7.71. The molecule has 7 nitrogen and oxygen atoms in total. The number of piperidine rings is 1. The number of aromatic amines is 1. The van der Waals surface area contributed by atoms with E-state index in [0.29, 0.717) is 22.8 Å². The van der Waals surface area contributed by atoms with Crippen molar-refractivity contribution in [3.63, 3.8) is 0 Å². The van der Waals surface area contributed by atoms with Gasteiger partial charge in [-0.25, -0.2) is 4.79 Å². The molecular weight excluding hydrogens is 326 g/mol. The average Bonchev–Trinajstić information content (AvgIpc) is 2.94. The second kappa shape index (κ2) is 7.04. The van der Waals surface area contributed by atoms with Crippen molar-refractivity contribution in [2.45, 2.75) is 18.8 Å². The van der Waals surface area contributed by atoms with E-state index in [1.165, 1.54) is 0 Å². The summed E-state index contributed by atoms with van der Waals surface area (Å²) in [5.74, 6) is 1.73. The number of hydrogen-bond acceptors (Lipinski definition) is 4. The molecule has 8 heteroatoms. The van der Waals surface area contributed by atoms with Crippen LogP contribution in [0.1, 0.15) is 24.6 Å². The number of nitrogens with zero attached hydrogens (tertiary/aromatic N) is 3. The zero-order chi connectivity index (χ0) is 17.1. The number of para-hydroxylation sites is 2. The molecule has 0 bridgehead atoms. The normalized spacial score (nSPS) is 17.6. The lowest BCUT2D eigenvalue weighted by molar-refractivity contribution is 0.190. The third kappa shape index (κ3) is 3.28. The Hall–Kier alpha value is -2.35. The van der Waals surface area contributed by atoms with Gasteiger partial charge >= 0.3 is 6.03 Å². The standard InChI is InChI=1S/C16H21N5O2S/c1-20-14(18-19-16(20)24)11-6-5-9-21(10-11)15(22)17-12-7-3-4-8-13(12)23-2/h3-4,7-8,11H,5-6,9-10H2,1-2H3,(H,17,22)(H,19,24). The summed E-state index contributed by atoms with van der Waals surface area (Å²) in [5.41, 5.74) is 0.672. The SMILES string of the molecule is COc1ccccc1NC(=O)N1CCCC(c2n[nH]c(=S)n2C)C1. The summed E-state index contributed by atoms with van der Waals surface area (Å²) >= 11 is 5.18. The van der Waals surface area contributed by atoms with Gasteiger partial charge in [0.05, 0.1) is 12.8 Å². The molecule has 1 unspecified atom stereocenters. The Morgan fingerprint density at radius 2 is 2.25 bits per heavy atom. The van der Waals surface area contributed by atoms with Crippen molar-refractivity contribution in [1.29, 1.82) is 0 Å². The van der Waals surface area contributed by atoms with Gasteiger partial charge in [0.1, 0.15) is 11.6 Å². The predicted molar refractivity (Wildman–Crippen MR) is 94.0 cm³/mol. The smallest absolute Gasteiger partial charge is 0.321 e. The van der Waals surface area contributed by atoms with E-state index in [-0.39, 0.29) is 11.9 Å². The Bertz CT molecular complexity index is 785. The van der Waals surface area contributed by atoms with Gasteiger partial charge in [-0.15, -0.1) is 0 Å². The van der Waals surface area contributed by atoms with Crippen LogP contribution in [0, 0.1) is 4.77 Å². The molecular formula is C16H21N5O2S. The molecule has 128 valence electrons. The maximum atomic E-state index is 12.6. The van der Waals surface area contributed by atoms with Crippen LogP contribution < -0.4 is 10.1 Å². The monoisotopic (exact) mass is 347 g/mol. The number of anilines is 1.